The van der Waals surface area contributed by atoms with E-state index in [0.717, 1.165) is 13.1 Å². The van der Waals surface area contributed by atoms with E-state index in [9.17, 15) is 0 Å². The first kappa shape index (κ1) is 12.7. The summed E-state index contributed by atoms with van der Waals surface area (Å²) in [4.78, 5) is 0. The minimum absolute atomic E-state index is 1.01. The molecular weight excluding hydrogens is 258 g/mol. The Kier molecular flexibility index (Phi) is 3.28. The summed E-state index contributed by atoms with van der Waals surface area (Å²) in [6.45, 7) is 2.02. The molecule has 2 aliphatic heterocycles. The number of hydrogen-bond acceptors (Lipinski definition) is 2. The van der Waals surface area contributed by atoms with Crippen LogP contribution in [0, 0.1) is 0 Å². The number of aryl methyl sites for hydroxylation is 2. The SMILES string of the molecule is c1ccc2c(c1)CCCN2[N]N1CCCc2ccccc21. The van der Waals surface area contributed by atoms with Gasteiger partial charge in [0.1, 0.15) is 0 Å². The smallest absolute Gasteiger partial charge is 0.0587 e. The topological polar surface area (TPSA) is 20.6 Å². The number of rotatable bonds is 2. The number of fused-ring (bicyclic) bond motifs is 2. The Balaban J connectivity index is 1.61. The Bertz CT molecular complexity index is 582. The first-order chi connectivity index (χ1) is 10.4. The molecule has 3 nitrogen and oxygen atoms in total. The number of benzene rings is 2. The molecule has 107 valence electrons. The van der Waals surface area contributed by atoms with Gasteiger partial charge in [0.25, 0.3) is 0 Å². The van der Waals surface area contributed by atoms with Gasteiger partial charge in [-0.1, -0.05) is 36.4 Å². The fourth-order valence-electron chi connectivity index (χ4n) is 3.34. The van der Waals surface area contributed by atoms with E-state index in [1.807, 2.05) is 0 Å². The van der Waals surface area contributed by atoms with E-state index in [4.69, 9.17) is 5.53 Å². The van der Waals surface area contributed by atoms with Crippen molar-refractivity contribution in [2.45, 2.75) is 25.7 Å². The van der Waals surface area contributed by atoms with Crippen LogP contribution in [0.25, 0.3) is 0 Å². The highest BCUT2D eigenvalue weighted by molar-refractivity contribution is 5.58. The monoisotopic (exact) mass is 278 g/mol. The zero-order valence-electron chi connectivity index (χ0n) is 12.2. The van der Waals surface area contributed by atoms with Crippen molar-refractivity contribution in [2.24, 2.45) is 0 Å². The van der Waals surface area contributed by atoms with Crippen LogP contribution in [-0.2, 0) is 12.8 Å². The van der Waals surface area contributed by atoms with Gasteiger partial charge >= 0.3 is 0 Å². The minimum Gasteiger partial charge on any atom is -0.271 e. The van der Waals surface area contributed by atoms with Crippen molar-refractivity contribution in [3.8, 4) is 0 Å². The van der Waals surface area contributed by atoms with Crippen molar-refractivity contribution in [1.29, 1.82) is 0 Å². The quantitative estimate of drug-likeness (QED) is 0.840. The van der Waals surface area contributed by atoms with Crippen molar-refractivity contribution in [2.75, 3.05) is 23.1 Å². The van der Waals surface area contributed by atoms with Crippen molar-refractivity contribution in [3.63, 3.8) is 0 Å². The van der Waals surface area contributed by atoms with Gasteiger partial charge in [0, 0.05) is 13.1 Å². The van der Waals surface area contributed by atoms with Crippen LogP contribution >= 0.6 is 0 Å². The lowest BCUT2D eigenvalue weighted by molar-refractivity contribution is 0.517. The lowest BCUT2D eigenvalue weighted by atomic mass is 10.0. The molecule has 21 heavy (non-hydrogen) atoms. The molecule has 0 atom stereocenters. The van der Waals surface area contributed by atoms with Gasteiger partial charge in [0.2, 0.25) is 0 Å². The molecule has 3 heteroatoms. The molecule has 2 heterocycles. The molecule has 0 fully saturated rings. The molecule has 0 unspecified atom stereocenters. The highest BCUT2D eigenvalue weighted by atomic mass is 15.8. The molecule has 0 aromatic heterocycles. The standard InChI is InChI=1S/C18H20N3/c1-3-11-17-15(7-1)9-5-13-20(17)19-21-14-6-10-16-8-2-4-12-18(16)21/h1-4,7-8,11-12H,5-6,9-10,13-14H2. The zero-order chi connectivity index (χ0) is 14.1. The number of para-hydroxylation sites is 2. The lowest BCUT2D eigenvalue weighted by Gasteiger charge is -2.37. The molecule has 0 aliphatic carbocycles. The summed E-state index contributed by atoms with van der Waals surface area (Å²) < 4.78 is 0. The molecule has 0 bridgehead atoms. The summed E-state index contributed by atoms with van der Waals surface area (Å²) in [5, 5.41) is 4.36. The Morgan fingerprint density at radius 2 is 1.14 bits per heavy atom. The molecule has 0 spiro atoms. The molecule has 0 amide bonds. The molecule has 0 saturated carbocycles. The van der Waals surface area contributed by atoms with Crippen molar-refractivity contribution >= 4 is 11.4 Å². The fraction of sp³-hybridized carbons (Fsp3) is 0.333. The maximum absolute atomic E-state index is 4.94. The third-order valence-corrected chi connectivity index (χ3v) is 4.39. The predicted molar refractivity (Wildman–Crippen MR) is 86.4 cm³/mol. The summed E-state index contributed by atoms with van der Waals surface area (Å²) in [7, 11) is 0. The average Bonchev–Trinajstić information content (AvgIpc) is 2.56. The van der Waals surface area contributed by atoms with Crippen molar-refractivity contribution < 1.29 is 0 Å². The maximum atomic E-state index is 4.94. The van der Waals surface area contributed by atoms with Gasteiger partial charge < -0.3 is 0 Å². The van der Waals surface area contributed by atoms with E-state index < -0.39 is 0 Å². The molecule has 2 aromatic carbocycles. The largest absolute Gasteiger partial charge is 0.271 e. The summed E-state index contributed by atoms with van der Waals surface area (Å²) in [6.07, 6.45) is 4.68. The number of anilines is 2. The second kappa shape index (κ2) is 5.41. The summed E-state index contributed by atoms with van der Waals surface area (Å²) >= 11 is 0. The van der Waals surface area contributed by atoms with Crippen LogP contribution < -0.4 is 15.6 Å². The van der Waals surface area contributed by atoms with Crippen LogP contribution in [0.5, 0.6) is 0 Å². The Labute approximate surface area is 126 Å². The molecule has 0 N–H and O–H groups in total. The van der Waals surface area contributed by atoms with E-state index in [2.05, 4.69) is 58.5 Å². The van der Waals surface area contributed by atoms with Crippen LogP contribution in [0.3, 0.4) is 0 Å². The zero-order valence-corrected chi connectivity index (χ0v) is 12.2. The summed E-state index contributed by atoms with van der Waals surface area (Å²) in [5.41, 5.74) is 10.3. The highest BCUT2D eigenvalue weighted by Gasteiger charge is 2.23. The normalized spacial score (nSPS) is 17.3. The Hall–Kier alpha value is -2.00. The maximum Gasteiger partial charge on any atom is 0.0587 e. The predicted octanol–water partition coefficient (Wildman–Crippen LogP) is 3.33. The molecule has 0 saturated heterocycles. The lowest BCUT2D eigenvalue weighted by Crippen LogP contribution is -2.48. The second-order valence-corrected chi connectivity index (χ2v) is 5.80. The summed E-state index contributed by atoms with van der Waals surface area (Å²) in [5.74, 6) is 0. The average molecular weight is 278 g/mol. The van der Waals surface area contributed by atoms with E-state index in [-0.39, 0.29) is 0 Å². The van der Waals surface area contributed by atoms with Crippen molar-refractivity contribution in [1.82, 2.24) is 5.53 Å². The Morgan fingerprint density at radius 1 is 0.667 bits per heavy atom. The van der Waals surface area contributed by atoms with Gasteiger partial charge in [-0.2, -0.15) is 0 Å². The van der Waals surface area contributed by atoms with Crippen molar-refractivity contribution in [3.05, 3.63) is 59.7 Å². The van der Waals surface area contributed by atoms with Gasteiger partial charge in [-0.3, -0.25) is 10.0 Å². The van der Waals surface area contributed by atoms with Crippen LogP contribution in [-0.4, -0.2) is 13.1 Å². The van der Waals surface area contributed by atoms with Crippen LogP contribution in [0.15, 0.2) is 48.5 Å². The van der Waals surface area contributed by atoms with Gasteiger partial charge in [0.05, 0.1) is 11.4 Å². The highest BCUT2D eigenvalue weighted by Crippen LogP contribution is 2.29. The summed E-state index contributed by atoms with van der Waals surface area (Å²) in [6, 6.07) is 17.3. The molecule has 1 radical (unpaired) electrons. The van der Waals surface area contributed by atoms with Gasteiger partial charge in [-0.15, -0.1) is 0 Å². The van der Waals surface area contributed by atoms with E-state index in [0.29, 0.717) is 0 Å². The van der Waals surface area contributed by atoms with Crippen LogP contribution in [0.2, 0.25) is 0 Å². The third-order valence-electron chi connectivity index (χ3n) is 4.39. The molecule has 2 aromatic rings. The first-order valence-electron chi connectivity index (χ1n) is 7.84. The van der Waals surface area contributed by atoms with Crippen LogP contribution in [0.1, 0.15) is 24.0 Å². The van der Waals surface area contributed by atoms with Gasteiger partial charge in [-0.05, 0) is 54.5 Å². The van der Waals surface area contributed by atoms with Gasteiger partial charge in [-0.25, -0.2) is 0 Å². The molecule has 2 aliphatic rings. The number of hydrogen-bond donors (Lipinski definition) is 0. The van der Waals surface area contributed by atoms with E-state index in [1.54, 1.807) is 0 Å². The van der Waals surface area contributed by atoms with E-state index >= 15 is 0 Å². The van der Waals surface area contributed by atoms with Gasteiger partial charge in [0.15, 0.2) is 0 Å². The third kappa shape index (κ3) is 2.38. The Morgan fingerprint density at radius 3 is 1.67 bits per heavy atom. The molecular formula is C18H20N3. The van der Waals surface area contributed by atoms with E-state index in [1.165, 1.54) is 48.2 Å². The number of nitrogens with zero attached hydrogens (tertiary/aromatic N) is 3. The van der Waals surface area contributed by atoms with Crippen LogP contribution in [0.4, 0.5) is 11.4 Å². The molecule has 4 rings (SSSR count). The fourth-order valence-corrected chi connectivity index (χ4v) is 3.34. The first-order valence-corrected chi connectivity index (χ1v) is 7.84. The minimum atomic E-state index is 1.01. The second-order valence-electron chi connectivity index (χ2n) is 5.80.